The Labute approximate surface area is 160 Å². The monoisotopic (exact) mass is 375 g/mol. The van der Waals surface area contributed by atoms with Crippen molar-refractivity contribution in [1.29, 1.82) is 0 Å². The SMILES string of the molecule is CC(C)C(NC(=O)CN1CCCC1C(N)=O)c1ccc2c(c1)OCCCO2. The molecule has 2 atom stereocenters. The number of fused-ring (bicyclic) bond motifs is 1. The molecular formula is C20H29N3O4. The second kappa shape index (κ2) is 8.61. The van der Waals surface area contributed by atoms with Gasteiger partial charge in [0.05, 0.1) is 31.8 Å². The second-order valence-electron chi connectivity index (χ2n) is 7.58. The average Bonchev–Trinajstić information content (AvgIpc) is 2.95. The highest BCUT2D eigenvalue weighted by molar-refractivity contribution is 5.83. The fourth-order valence-electron chi connectivity index (χ4n) is 3.75. The van der Waals surface area contributed by atoms with Crippen LogP contribution < -0.4 is 20.5 Å². The molecule has 2 aliphatic heterocycles. The molecule has 0 bridgehead atoms. The van der Waals surface area contributed by atoms with Crippen LogP contribution in [0, 0.1) is 5.92 Å². The van der Waals surface area contributed by atoms with Gasteiger partial charge in [-0.05, 0) is 43.0 Å². The molecule has 1 fully saturated rings. The number of hydrogen-bond donors (Lipinski definition) is 2. The number of hydrogen-bond acceptors (Lipinski definition) is 5. The molecule has 1 aromatic carbocycles. The minimum atomic E-state index is -0.358. The fourth-order valence-corrected chi connectivity index (χ4v) is 3.75. The van der Waals surface area contributed by atoms with E-state index in [4.69, 9.17) is 15.2 Å². The van der Waals surface area contributed by atoms with Gasteiger partial charge in [-0.3, -0.25) is 14.5 Å². The Kier molecular flexibility index (Phi) is 6.21. The van der Waals surface area contributed by atoms with Crippen molar-refractivity contribution in [2.45, 2.75) is 45.2 Å². The molecule has 0 spiro atoms. The minimum absolute atomic E-state index is 0.103. The number of rotatable bonds is 6. The zero-order chi connectivity index (χ0) is 19.4. The molecule has 27 heavy (non-hydrogen) atoms. The molecule has 1 aromatic rings. The molecule has 7 heteroatoms. The normalized spacial score (nSPS) is 20.9. The lowest BCUT2D eigenvalue weighted by Gasteiger charge is -2.26. The summed E-state index contributed by atoms with van der Waals surface area (Å²) in [4.78, 5) is 26.0. The molecule has 0 aromatic heterocycles. The Morgan fingerprint density at radius 3 is 2.67 bits per heavy atom. The van der Waals surface area contributed by atoms with Crippen LogP contribution in [0.1, 0.15) is 44.7 Å². The van der Waals surface area contributed by atoms with Gasteiger partial charge >= 0.3 is 0 Å². The third-order valence-electron chi connectivity index (χ3n) is 5.15. The van der Waals surface area contributed by atoms with Crippen molar-refractivity contribution in [2.75, 3.05) is 26.3 Å². The summed E-state index contributed by atoms with van der Waals surface area (Å²) in [6.45, 7) is 6.30. The van der Waals surface area contributed by atoms with Crippen molar-refractivity contribution in [2.24, 2.45) is 11.7 Å². The van der Waals surface area contributed by atoms with Gasteiger partial charge in [-0.15, -0.1) is 0 Å². The molecule has 1 saturated heterocycles. The number of amides is 2. The zero-order valence-electron chi connectivity index (χ0n) is 16.1. The Morgan fingerprint density at radius 2 is 1.96 bits per heavy atom. The van der Waals surface area contributed by atoms with Crippen LogP contribution in [0.15, 0.2) is 18.2 Å². The molecule has 148 valence electrons. The maximum absolute atomic E-state index is 12.6. The molecule has 2 amide bonds. The van der Waals surface area contributed by atoms with E-state index in [0.717, 1.165) is 42.9 Å². The van der Waals surface area contributed by atoms with Crippen molar-refractivity contribution in [1.82, 2.24) is 10.2 Å². The van der Waals surface area contributed by atoms with Gasteiger partial charge in [0.15, 0.2) is 11.5 Å². The summed E-state index contributed by atoms with van der Waals surface area (Å²) in [5.41, 5.74) is 6.43. The molecule has 0 radical (unpaired) electrons. The number of primary amides is 1. The Morgan fingerprint density at radius 1 is 1.22 bits per heavy atom. The highest BCUT2D eigenvalue weighted by atomic mass is 16.5. The maximum atomic E-state index is 12.6. The van der Waals surface area contributed by atoms with Gasteiger partial charge in [0, 0.05) is 6.42 Å². The summed E-state index contributed by atoms with van der Waals surface area (Å²) in [6, 6.07) is 5.34. The van der Waals surface area contributed by atoms with Crippen LogP contribution in [0.4, 0.5) is 0 Å². The largest absolute Gasteiger partial charge is 0.490 e. The van der Waals surface area contributed by atoms with Gasteiger partial charge in [0.1, 0.15) is 0 Å². The number of ether oxygens (including phenoxy) is 2. The van der Waals surface area contributed by atoms with Crippen LogP contribution in [0.25, 0.3) is 0 Å². The first kappa shape index (κ1) is 19.5. The first-order valence-electron chi connectivity index (χ1n) is 9.68. The highest BCUT2D eigenvalue weighted by Crippen LogP contribution is 2.34. The summed E-state index contributed by atoms with van der Waals surface area (Å²) >= 11 is 0. The first-order chi connectivity index (χ1) is 13.0. The molecule has 0 aliphatic carbocycles. The predicted octanol–water partition coefficient (Wildman–Crippen LogP) is 1.61. The molecule has 3 N–H and O–H groups in total. The van der Waals surface area contributed by atoms with E-state index in [0.29, 0.717) is 13.2 Å². The number of nitrogens with one attached hydrogen (secondary N) is 1. The standard InChI is InChI=1S/C20H29N3O4/c1-13(2)19(14-6-7-16-17(11-14)27-10-4-9-26-16)22-18(24)12-23-8-3-5-15(23)20(21)25/h6-7,11,13,15,19H,3-5,8-10,12H2,1-2H3,(H2,21,25)(H,22,24). The van der Waals surface area contributed by atoms with E-state index in [-0.39, 0.29) is 36.4 Å². The summed E-state index contributed by atoms with van der Waals surface area (Å²) in [6.07, 6.45) is 2.46. The Balaban J connectivity index is 1.69. The molecule has 7 nitrogen and oxygen atoms in total. The third kappa shape index (κ3) is 4.71. The zero-order valence-corrected chi connectivity index (χ0v) is 16.1. The van der Waals surface area contributed by atoms with Crippen molar-refractivity contribution < 1.29 is 19.1 Å². The van der Waals surface area contributed by atoms with Gasteiger partial charge in [0.25, 0.3) is 0 Å². The van der Waals surface area contributed by atoms with Gasteiger partial charge in [-0.2, -0.15) is 0 Å². The topological polar surface area (TPSA) is 93.9 Å². The number of carbonyl (C=O) groups excluding carboxylic acids is 2. The van der Waals surface area contributed by atoms with Crippen LogP contribution in [-0.4, -0.2) is 49.1 Å². The van der Waals surface area contributed by atoms with Gasteiger partial charge in [0.2, 0.25) is 11.8 Å². The van der Waals surface area contributed by atoms with Crippen LogP contribution in [0.2, 0.25) is 0 Å². The van der Waals surface area contributed by atoms with E-state index >= 15 is 0 Å². The molecule has 2 aliphatic rings. The van der Waals surface area contributed by atoms with Crippen molar-refractivity contribution in [3.63, 3.8) is 0 Å². The number of nitrogens with two attached hydrogens (primary N) is 1. The van der Waals surface area contributed by atoms with Crippen LogP contribution in [-0.2, 0) is 9.59 Å². The van der Waals surface area contributed by atoms with E-state index < -0.39 is 0 Å². The Bertz CT molecular complexity index is 692. The third-order valence-corrected chi connectivity index (χ3v) is 5.15. The first-order valence-corrected chi connectivity index (χ1v) is 9.68. The lowest BCUT2D eigenvalue weighted by atomic mass is 9.95. The average molecular weight is 375 g/mol. The smallest absolute Gasteiger partial charge is 0.234 e. The second-order valence-corrected chi connectivity index (χ2v) is 7.58. The summed E-state index contributed by atoms with van der Waals surface area (Å²) < 4.78 is 11.5. The van der Waals surface area contributed by atoms with Gasteiger partial charge < -0.3 is 20.5 Å². The number of likely N-dealkylation sites (tertiary alicyclic amines) is 1. The van der Waals surface area contributed by atoms with Crippen molar-refractivity contribution in [3.05, 3.63) is 23.8 Å². The van der Waals surface area contributed by atoms with E-state index in [1.165, 1.54) is 0 Å². The maximum Gasteiger partial charge on any atom is 0.234 e. The molecule has 0 saturated carbocycles. The summed E-state index contributed by atoms with van der Waals surface area (Å²) in [5, 5.41) is 3.11. The van der Waals surface area contributed by atoms with Crippen LogP contribution in [0.5, 0.6) is 11.5 Å². The van der Waals surface area contributed by atoms with E-state index in [1.807, 2.05) is 23.1 Å². The molecule has 2 heterocycles. The molecule has 3 rings (SSSR count). The quantitative estimate of drug-likeness (QED) is 0.788. The van der Waals surface area contributed by atoms with E-state index in [2.05, 4.69) is 19.2 Å². The summed E-state index contributed by atoms with van der Waals surface area (Å²) in [5.74, 6) is 1.20. The van der Waals surface area contributed by atoms with E-state index in [9.17, 15) is 9.59 Å². The molecule has 2 unspecified atom stereocenters. The fraction of sp³-hybridized carbons (Fsp3) is 0.600. The summed E-state index contributed by atoms with van der Waals surface area (Å²) in [7, 11) is 0. The van der Waals surface area contributed by atoms with Crippen molar-refractivity contribution >= 4 is 11.8 Å². The van der Waals surface area contributed by atoms with Crippen LogP contribution >= 0.6 is 0 Å². The molecular weight excluding hydrogens is 346 g/mol. The van der Waals surface area contributed by atoms with E-state index in [1.54, 1.807) is 0 Å². The number of carbonyl (C=O) groups is 2. The predicted molar refractivity (Wildman–Crippen MR) is 102 cm³/mol. The van der Waals surface area contributed by atoms with Crippen molar-refractivity contribution in [3.8, 4) is 11.5 Å². The van der Waals surface area contributed by atoms with Crippen LogP contribution in [0.3, 0.4) is 0 Å². The number of benzene rings is 1. The lowest BCUT2D eigenvalue weighted by Crippen LogP contribution is -2.46. The van der Waals surface area contributed by atoms with Gasteiger partial charge in [-0.25, -0.2) is 0 Å². The highest BCUT2D eigenvalue weighted by Gasteiger charge is 2.31. The lowest BCUT2D eigenvalue weighted by molar-refractivity contribution is -0.126. The van der Waals surface area contributed by atoms with Gasteiger partial charge in [-0.1, -0.05) is 19.9 Å². The minimum Gasteiger partial charge on any atom is -0.490 e. The number of nitrogens with zero attached hydrogens (tertiary/aromatic N) is 1. The Hall–Kier alpha value is -2.28.